The molecular weight excluding hydrogens is 282 g/mol. The fourth-order valence-electron chi connectivity index (χ4n) is 1.74. The number of hydrogen-bond donors (Lipinski definition) is 1. The van der Waals surface area contributed by atoms with Gasteiger partial charge >= 0.3 is 0 Å². The Morgan fingerprint density at radius 1 is 1.47 bits per heavy atom. The van der Waals surface area contributed by atoms with E-state index in [1.807, 2.05) is 17.6 Å². The van der Waals surface area contributed by atoms with Gasteiger partial charge in [-0.2, -0.15) is 4.98 Å². The molecule has 3 aromatic heterocycles. The van der Waals surface area contributed by atoms with Crippen LogP contribution in [0.3, 0.4) is 0 Å². The Morgan fingerprint density at radius 2 is 2.37 bits per heavy atom. The second-order valence-corrected chi connectivity index (χ2v) is 5.60. The van der Waals surface area contributed by atoms with Crippen LogP contribution in [0.1, 0.15) is 17.8 Å². The highest BCUT2D eigenvalue weighted by molar-refractivity contribution is 7.09. The van der Waals surface area contributed by atoms with Crippen molar-refractivity contribution in [3.63, 3.8) is 0 Å². The molecule has 0 aliphatic rings. The van der Waals surface area contributed by atoms with Crippen LogP contribution in [0.5, 0.6) is 0 Å². The second-order valence-electron chi connectivity index (χ2n) is 4.24. The van der Waals surface area contributed by atoms with Crippen molar-refractivity contribution in [2.24, 2.45) is 0 Å². The normalized spacial score (nSPS) is 12.7. The van der Waals surface area contributed by atoms with E-state index in [0.717, 1.165) is 17.2 Å². The molecule has 0 fully saturated rings. The molecular formula is C12H12ClN5S. The summed E-state index contributed by atoms with van der Waals surface area (Å²) in [6, 6.07) is 3.64. The predicted octanol–water partition coefficient (Wildman–Crippen LogP) is 3.05. The summed E-state index contributed by atoms with van der Waals surface area (Å²) in [4.78, 5) is 8.67. The van der Waals surface area contributed by atoms with E-state index in [-0.39, 0.29) is 0 Å². The van der Waals surface area contributed by atoms with Crippen molar-refractivity contribution in [1.29, 1.82) is 0 Å². The number of nitrogens with zero attached hydrogens (tertiary/aromatic N) is 4. The van der Waals surface area contributed by atoms with Crippen molar-refractivity contribution in [3.05, 3.63) is 39.9 Å². The number of nitrogens with one attached hydrogen (secondary N) is 1. The number of pyridine rings is 1. The molecule has 0 aliphatic carbocycles. The summed E-state index contributed by atoms with van der Waals surface area (Å²) in [6.45, 7) is 2.87. The summed E-state index contributed by atoms with van der Waals surface area (Å²) in [5, 5.41) is 11.3. The minimum Gasteiger partial charge on any atom is -0.352 e. The first-order valence-corrected chi connectivity index (χ1v) is 7.13. The fraction of sp³-hybridized carbons (Fsp3) is 0.250. The molecule has 5 nitrogen and oxygen atoms in total. The summed E-state index contributed by atoms with van der Waals surface area (Å²) in [5.74, 6) is 0.931. The lowest BCUT2D eigenvalue weighted by Crippen LogP contribution is -2.10. The van der Waals surface area contributed by atoms with Gasteiger partial charge in [0.05, 0.1) is 10.0 Å². The zero-order valence-corrected chi connectivity index (χ0v) is 11.8. The number of thiazole rings is 1. The van der Waals surface area contributed by atoms with Crippen molar-refractivity contribution >= 4 is 34.5 Å². The topological polar surface area (TPSA) is 55.1 Å². The minimum atomic E-state index is 0.329. The van der Waals surface area contributed by atoms with Gasteiger partial charge in [0.2, 0.25) is 5.95 Å². The van der Waals surface area contributed by atoms with Crippen LogP contribution in [-0.2, 0) is 0 Å². The van der Waals surface area contributed by atoms with E-state index in [1.165, 1.54) is 0 Å². The highest BCUT2D eigenvalue weighted by Crippen LogP contribution is 2.18. The molecule has 0 aromatic carbocycles. The Kier molecular flexibility index (Phi) is 3.35. The first kappa shape index (κ1) is 12.4. The monoisotopic (exact) mass is 293 g/mol. The molecule has 0 bridgehead atoms. The van der Waals surface area contributed by atoms with Crippen molar-refractivity contribution in [2.75, 3.05) is 11.9 Å². The molecule has 1 unspecified atom stereocenters. The van der Waals surface area contributed by atoms with Crippen LogP contribution in [0, 0.1) is 0 Å². The minimum absolute atomic E-state index is 0.329. The van der Waals surface area contributed by atoms with Crippen molar-refractivity contribution in [1.82, 2.24) is 19.6 Å². The first-order chi connectivity index (χ1) is 9.22. The van der Waals surface area contributed by atoms with Crippen molar-refractivity contribution < 1.29 is 0 Å². The SMILES string of the molecule is CC(CNc1nc2ccc(Cl)cn2n1)c1nccs1. The largest absolute Gasteiger partial charge is 0.352 e. The number of rotatable bonds is 4. The zero-order chi connectivity index (χ0) is 13.2. The number of fused-ring (bicyclic) bond motifs is 1. The zero-order valence-electron chi connectivity index (χ0n) is 10.2. The van der Waals surface area contributed by atoms with E-state index in [9.17, 15) is 0 Å². The van der Waals surface area contributed by atoms with Crippen LogP contribution in [0.15, 0.2) is 29.9 Å². The van der Waals surface area contributed by atoms with Crippen LogP contribution >= 0.6 is 22.9 Å². The van der Waals surface area contributed by atoms with E-state index in [1.54, 1.807) is 28.1 Å². The molecule has 3 heterocycles. The van der Waals surface area contributed by atoms with Crippen LogP contribution in [-0.4, -0.2) is 26.1 Å². The van der Waals surface area contributed by atoms with Crippen LogP contribution in [0.4, 0.5) is 5.95 Å². The van der Waals surface area contributed by atoms with Gasteiger partial charge < -0.3 is 5.32 Å². The van der Waals surface area contributed by atoms with Crippen molar-refractivity contribution in [2.45, 2.75) is 12.8 Å². The van der Waals surface area contributed by atoms with Crippen LogP contribution in [0.25, 0.3) is 5.65 Å². The molecule has 0 saturated carbocycles. The fourth-order valence-corrected chi connectivity index (χ4v) is 2.60. The summed E-state index contributed by atoms with van der Waals surface area (Å²) < 4.78 is 1.67. The van der Waals surface area contributed by atoms with Gasteiger partial charge in [-0.15, -0.1) is 16.4 Å². The predicted molar refractivity (Wildman–Crippen MR) is 77.0 cm³/mol. The third kappa shape index (κ3) is 2.69. The maximum absolute atomic E-state index is 5.91. The van der Waals surface area contributed by atoms with E-state index in [2.05, 4.69) is 27.3 Å². The van der Waals surface area contributed by atoms with Gasteiger partial charge in [-0.3, -0.25) is 0 Å². The summed E-state index contributed by atoms with van der Waals surface area (Å²) >= 11 is 7.57. The second kappa shape index (κ2) is 5.14. The molecule has 0 saturated heterocycles. The Labute approximate surface area is 119 Å². The van der Waals surface area contributed by atoms with Gasteiger partial charge in [0.15, 0.2) is 5.65 Å². The van der Waals surface area contributed by atoms with Gasteiger partial charge in [-0.1, -0.05) is 18.5 Å². The molecule has 1 N–H and O–H groups in total. The standard InChI is InChI=1S/C12H12ClN5S/c1-8(11-14-4-5-19-11)6-15-12-16-10-3-2-9(13)7-18(10)17-12/h2-5,7-8H,6H2,1H3,(H,15,17). The molecule has 7 heteroatoms. The average molecular weight is 294 g/mol. The maximum Gasteiger partial charge on any atom is 0.243 e. The van der Waals surface area contributed by atoms with Gasteiger partial charge in [-0.05, 0) is 12.1 Å². The van der Waals surface area contributed by atoms with Crippen LogP contribution < -0.4 is 5.32 Å². The average Bonchev–Trinajstić information content (AvgIpc) is 3.04. The number of hydrogen-bond acceptors (Lipinski definition) is 5. The molecule has 19 heavy (non-hydrogen) atoms. The number of anilines is 1. The summed E-state index contributed by atoms with van der Waals surface area (Å²) in [7, 11) is 0. The van der Waals surface area contributed by atoms with Crippen molar-refractivity contribution in [3.8, 4) is 0 Å². The molecule has 98 valence electrons. The summed E-state index contributed by atoms with van der Waals surface area (Å²) in [6.07, 6.45) is 3.56. The molecule has 1 atom stereocenters. The third-order valence-electron chi connectivity index (χ3n) is 2.73. The number of aromatic nitrogens is 4. The van der Waals surface area contributed by atoms with Gasteiger partial charge in [-0.25, -0.2) is 9.50 Å². The maximum atomic E-state index is 5.91. The lowest BCUT2D eigenvalue weighted by atomic mass is 10.2. The lowest BCUT2D eigenvalue weighted by molar-refractivity contribution is 0.786. The molecule has 3 aromatic rings. The van der Waals surface area contributed by atoms with Gasteiger partial charge in [0.25, 0.3) is 0 Å². The number of halogens is 1. The van der Waals surface area contributed by atoms with Crippen LogP contribution in [0.2, 0.25) is 5.02 Å². The van der Waals surface area contributed by atoms with E-state index < -0.39 is 0 Å². The molecule has 0 radical (unpaired) electrons. The summed E-state index contributed by atoms with van der Waals surface area (Å²) in [5.41, 5.74) is 0.772. The van der Waals surface area contributed by atoms with E-state index in [0.29, 0.717) is 16.9 Å². The smallest absolute Gasteiger partial charge is 0.243 e. The molecule has 3 rings (SSSR count). The highest BCUT2D eigenvalue weighted by atomic mass is 35.5. The van der Waals surface area contributed by atoms with E-state index in [4.69, 9.17) is 11.6 Å². The first-order valence-electron chi connectivity index (χ1n) is 5.87. The Bertz CT molecular complexity index is 679. The van der Waals surface area contributed by atoms with Gasteiger partial charge in [0.1, 0.15) is 0 Å². The third-order valence-corrected chi connectivity index (χ3v) is 3.96. The highest BCUT2D eigenvalue weighted by Gasteiger charge is 2.09. The molecule has 0 spiro atoms. The molecule has 0 aliphatic heterocycles. The Balaban J connectivity index is 1.71. The Hall–Kier alpha value is -1.66. The lowest BCUT2D eigenvalue weighted by Gasteiger charge is -2.07. The Morgan fingerprint density at radius 3 is 3.16 bits per heavy atom. The molecule has 0 amide bonds. The van der Waals surface area contributed by atoms with E-state index >= 15 is 0 Å². The quantitative estimate of drug-likeness (QED) is 0.803. The van der Waals surface area contributed by atoms with Gasteiger partial charge in [0, 0.05) is 30.2 Å².